The first-order valence-corrected chi connectivity index (χ1v) is 12.3. The van der Waals surface area contributed by atoms with Crippen LogP contribution in [0.2, 0.25) is 0 Å². The third-order valence-corrected chi connectivity index (χ3v) is 6.62. The Bertz CT molecular complexity index is 1390. The van der Waals surface area contributed by atoms with Crippen molar-refractivity contribution in [3.8, 4) is 11.5 Å². The van der Waals surface area contributed by atoms with Crippen LogP contribution in [0.15, 0.2) is 97.2 Å². The highest BCUT2D eigenvalue weighted by Gasteiger charge is 2.33. The number of fused-ring (bicyclic) bond motifs is 2. The number of nitrogens with one attached hydrogen (secondary N) is 1. The van der Waals surface area contributed by atoms with Crippen molar-refractivity contribution in [1.82, 2.24) is 4.98 Å². The Morgan fingerprint density at radius 1 is 0.784 bits per heavy atom. The number of hydrogen-bond acceptors (Lipinski definition) is 5. The maximum absolute atomic E-state index is 13.7. The molecule has 0 saturated carbocycles. The Morgan fingerprint density at radius 3 is 2.05 bits per heavy atom. The van der Waals surface area contributed by atoms with E-state index in [1.54, 1.807) is 23.2 Å². The van der Waals surface area contributed by atoms with E-state index in [4.69, 9.17) is 9.47 Å². The molecule has 6 rings (SSSR count). The van der Waals surface area contributed by atoms with E-state index >= 15 is 0 Å². The van der Waals surface area contributed by atoms with Gasteiger partial charge in [0.25, 0.3) is 11.8 Å². The second-order valence-electron chi connectivity index (χ2n) is 9.12. The van der Waals surface area contributed by atoms with Crippen LogP contribution in [0.4, 0.5) is 11.4 Å². The zero-order chi connectivity index (χ0) is 25.2. The largest absolute Gasteiger partial charge is 0.480 e. The number of aromatic nitrogens is 1. The zero-order valence-corrected chi connectivity index (χ0v) is 20.0. The molecule has 2 aliphatic heterocycles. The van der Waals surface area contributed by atoms with E-state index in [1.807, 2.05) is 78.9 Å². The number of nitrogens with zero attached hydrogens (tertiary/aromatic N) is 2. The van der Waals surface area contributed by atoms with Crippen molar-refractivity contribution in [2.75, 3.05) is 10.2 Å². The Kier molecular flexibility index (Phi) is 6.02. The summed E-state index contributed by atoms with van der Waals surface area (Å²) in [4.78, 5) is 32.5. The number of para-hydroxylation sites is 2. The van der Waals surface area contributed by atoms with E-state index in [2.05, 4.69) is 10.3 Å². The molecule has 0 radical (unpaired) electrons. The second kappa shape index (κ2) is 9.78. The van der Waals surface area contributed by atoms with Crippen molar-refractivity contribution in [3.05, 3.63) is 114 Å². The Labute approximate surface area is 214 Å². The maximum atomic E-state index is 13.7. The van der Waals surface area contributed by atoms with E-state index in [1.165, 1.54) is 0 Å². The number of anilines is 2. The fourth-order valence-corrected chi connectivity index (χ4v) is 4.72. The summed E-state index contributed by atoms with van der Waals surface area (Å²) in [7, 11) is 0. The Morgan fingerprint density at radius 2 is 1.41 bits per heavy atom. The summed E-state index contributed by atoms with van der Waals surface area (Å²) in [5, 5.41) is 2.93. The molecule has 4 aromatic rings. The first-order valence-electron chi connectivity index (χ1n) is 12.3. The van der Waals surface area contributed by atoms with Crippen molar-refractivity contribution >= 4 is 23.2 Å². The molecule has 2 aliphatic rings. The van der Waals surface area contributed by atoms with E-state index in [9.17, 15) is 9.59 Å². The summed E-state index contributed by atoms with van der Waals surface area (Å²) in [6.07, 6.45) is 1.59. The monoisotopic (exact) mass is 491 g/mol. The molecule has 3 aromatic carbocycles. The number of rotatable bonds is 6. The highest BCUT2D eigenvalue weighted by atomic mass is 16.5. The number of benzene rings is 3. The van der Waals surface area contributed by atoms with Gasteiger partial charge in [0.2, 0.25) is 0 Å². The Hall–Kier alpha value is -4.65. The van der Waals surface area contributed by atoms with Gasteiger partial charge in [-0.05, 0) is 59.7 Å². The number of ether oxygens (including phenoxy) is 2. The summed E-state index contributed by atoms with van der Waals surface area (Å²) >= 11 is 0. The minimum Gasteiger partial charge on any atom is -0.480 e. The second-order valence-corrected chi connectivity index (χ2v) is 9.12. The molecule has 0 bridgehead atoms. The standard InChI is InChI=1S/C30H25N3O4/c34-29(27-17-20-7-1-3-10-25(20)36-27)32-22-12-14-24(15-13-22)33(19-23-9-5-6-16-31-23)30(35)28-18-21-8-2-4-11-26(21)37-28/h1-16,27-28H,17-19H2,(H,32,34). The summed E-state index contributed by atoms with van der Waals surface area (Å²) in [5.74, 6) is 1.14. The maximum Gasteiger partial charge on any atom is 0.268 e. The summed E-state index contributed by atoms with van der Waals surface area (Å²) in [5.41, 5.74) is 4.13. The van der Waals surface area contributed by atoms with Gasteiger partial charge in [-0.3, -0.25) is 14.6 Å². The van der Waals surface area contributed by atoms with Crippen LogP contribution in [-0.4, -0.2) is 29.0 Å². The molecule has 3 heterocycles. The minimum atomic E-state index is -0.610. The lowest BCUT2D eigenvalue weighted by molar-refractivity contribution is -0.124. The van der Waals surface area contributed by atoms with Crippen molar-refractivity contribution in [2.45, 2.75) is 31.6 Å². The minimum absolute atomic E-state index is 0.143. The molecular formula is C30H25N3O4. The predicted molar refractivity (Wildman–Crippen MR) is 140 cm³/mol. The van der Waals surface area contributed by atoms with Crippen molar-refractivity contribution in [2.24, 2.45) is 0 Å². The molecule has 37 heavy (non-hydrogen) atoms. The van der Waals surface area contributed by atoms with Gasteiger partial charge >= 0.3 is 0 Å². The summed E-state index contributed by atoms with van der Waals surface area (Å²) in [6, 6.07) is 28.2. The molecule has 0 aliphatic carbocycles. The van der Waals surface area contributed by atoms with Crippen molar-refractivity contribution < 1.29 is 19.1 Å². The van der Waals surface area contributed by atoms with Crippen LogP contribution < -0.4 is 19.7 Å². The van der Waals surface area contributed by atoms with Gasteiger partial charge in [0.1, 0.15) is 11.5 Å². The SMILES string of the molecule is O=C(Nc1ccc(N(Cc2ccccn2)C(=O)C2Cc3ccccc3O2)cc1)C1Cc2ccccc2O1. The molecule has 2 amide bonds. The first-order chi connectivity index (χ1) is 18.1. The van der Waals surface area contributed by atoms with Crippen LogP contribution in [0.5, 0.6) is 11.5 Å². The zero-order valence-electron chi connectivity index (χ0n) is 20.0. The number of hydrogen-bond donors (Lipinski definition) is 1. The van der Waals surface area contributed by atoms with Crippen LogP contribution in [0, 0.1) is 0 Å². The van der Waals surface area contributed by atoms with Gasteiger partial charge in [0, 0.05) is 30.4 Å². The predicted octanol–water partition coefficient (Wildman–Crippen LogP) is 4.56. The van der Waals surface area contributed by atoms with Gasteiger partial charge in [0.05, 0.1) is 12.2 Å². The van der Waals surface area contributed by atoms with E-state index in [-0.39, 0.29) is 11.8 Å². The first kappa shape index (κ1) is 22.8. The third kappa shape index (κ3) is 4.76. The molecule has 0 saturated heterocycles. The number of amides is 2. The van der Waals surface area contributed by atoms with Gasteiger partial charge in [-0.1, -0.05) is 42.5 Å². The molecule has 2 unspecified atom stereocenters. The highest BCUT2D eigenvalue weighted by Crippen LogP contribution is 2.31. The highest BCUT2D eigenvalue weighted by molar-refractivity contribution is 5.98. The van der Waals surface area contributed by atoms with Gasteiger partial charge in [-0.15, -0.1) is 0 Å². The fourth-order valence-electron chi connectivity index (χ4n) is 4.72. The molecule has 0 fully saturated rings. The number of carbonyl (C=O) groups excluding carboxylic acids is 2. The molecule has 0 spiro atoms. The van der Waals surface area contributed by atoms with Gasteiger partial charge in [-0.2, -0.15) is 0 Å². The third-order valence-electron chi connectivity index (χ3n) is 6.62. The lowest BCUT2D eigenvalue weighted by Crippen LogP contribution is -2.41. The van der Waals surface area contributed by atoms with E-state index in [0.29, 0.717) is 30.8 Å². The normalized spacial score (nSPS) is 17.2. The summed E-state index contributed by atoms with van der Waals surface area (Å²) < 4.78 is 11.8. The van der Waals surface area contributed by atoms with Crippen LogP contribution in [-0.2, 0) is 29.0 Å². The molecule has 7 nitrogen and oxygen atoms in total. The number of carbonyl (C=O) groups is 2. The van der Waals surface area contributed by atoms with Crippen molar-refractivity contribution in [3.63, 3.8) is 0 Å². The average molecular weight is 492 g/mol. The number of pyridine rings is 1. The average Bonchev–Trinajstić information content (AvgIpc) is 3.57. The molecule has 184 valence electrons. The van der Waals surface area contributed by atoms with Gasteiger partial charge in [-0.25, -0.2) is 0 Å². The van der Waals surface area contributed by atoms with Crippen LogP contribution >= 0.6 is 0 Å². The van der Waals surface area contributed by atoms with Crippen molar-refractivity contribution in [1.29, 1.82) is 0 Å². The Balaban J connectivity index is 1.18. The van der Waals surface area contributed by atoms with Crippen LogP contribution in [0.25, 0.3) is 0 Å². The van der Waals surface area contributed by atoms with E-state index in [0.717, 1.165) is 28.3 Å². The van der Waals surface area contributed by atoms with E-state index < -0.39 is 12.2 Å². The van der Waals surface area contributed by atoms with Crippen LogP contribution in [0.1, 0.15) is 16.8 Å². The molecule has 1 aromatic heterocycles. The molecule has 7 heteroatoms. The topological polar surface area (TPSA) is 80.8 Å². The molecular weight excluding hydrogens is 466 g/mol. The fraction of sp³-hybridized carbons (Fsp3) is 0.167. The summed E-state index contributed by atoms with van der Waals surface area (Å²) in [6.45, 7) is 0.301. The van der Waals surface area contributed by atoms with Gasteiger partial charge < -0.3 is 19.7 Å². The lowest BCUT2D eigenvalue weighted by Gasteiger charge is -2.25. The van der Waals surface area contributed by atoms with Gasteiger partial charge in [0.15, 0.2) is 12.2 Å². The molecule has 1 N–H and O–H groups in total. The lowest BCUT2D eigenvalue weighted by atomic mass is 10.1. The smallest absolute Gasteiger partial charge is 0.268 e. The van der Waals surface area contributed by atoms with Crippen LogP contribution in [0.3, 0.4) is 0 Å². The molecule has 2 atom stereocenters. The quantitative estimate of drug-likeness (QED) is 0.428.